The molecule has 0 aliphatic rings. The number of amides is 1. The van der Waals surface area contributed by atoms with E-state index in [2.05, 4.69) is 26.1 Å². The van der Waals surface area contributed by atoms with Gasteiger partial charge in [0.25, 0.3) is 5.91 Å². The number of nitrogens with zero attached hydrogens (tertiary/aromatic N) is 1. The van der Waals surface area contributed by atoms with E-state index in [1.165, 1.54) is 0 Å². The van der Waals surface area contributed by atoms with Crippen molar-refractivity contribution in [3.8, 4) is 0 Å². The van der Waals surface area contributed by atoms with Crippen LogP contribution in [-0.4, -0.2) is 38.0 Å². The molecule has 0 atom stereocenters. The Bertz CT molecular complexity index is 447. The van der Waals surface area contributed by atoms with E-state index in [0.29, 0.717) is 17.8 Å². The third-order valence-corrected chi connectivity index (χ3v) is 3.43. The van der Waals surface area contributed by atoms with Crippen molar-refractivity contribution in [2.45, 2.75) is 19.8 Å². The molecule has 0 bridgehead atoms. The van der Waals surface area contributed by atoms with Crippen molar-refractivity contribution in [3.63, 3.8) is 0 Å². The second kappa shape index (κ2) is 7.50. The first-order chi connectivity index (χ1) is 8.91. The second-order valence-corrected chi connectivity index (χ2v) is 5.85. The predicted molar refractivity (Wildman–Crippen MR) is 83.4 cm³/mol. The Morgan fingerprint density at radius 1 is 1.37 bits per heavy atom. The van der Waals surface area contributed by atoms with Crippen LogP contribution >= 0.6 is 15.9 Å². The summed E-state index contributed by atoms with van der Waals surface area (Å²) in [6.45, 7) is 3.60. The Hall–Kier alpha value is -1.07. The Labute approximate surface area is 123 Å². The zero-order chi connectivity index (χ0) is 14.4. The summed E-state index contributed by atoms with van der Waals surface area (Å²) in [6, 6.07) is 3.62. The molecule has 0 aliphatic heterocycles. The molecule has 1 amide bonds. The van der Waals surface area contributed by atoms with E-state index in [0.717, 1.165) is 29.4 Å². The summed E-state index contributed by atoms with van der Waals surface area (Å²) in [7, 11) is 4.10. The lowest BCUT2D eigenvalue weighted by molar-refractivity contribution is 0.0952. The van der Waals surface area contributed by atoms with E-state index in [-0.39, 0.29) is 5.91 Å². The quantitative estimate of drug-likeness (QED) is 0.623. The fourth-order valence-electron chi connectivity index (χ4n) is 1.79. The molecule has 19 heavy (non-hydrogen) atoms. The molecule has 0 heterocycles. The number of hydrogen-bond donors (Lipinski definition) is 2. The topological polar surface area (TPSA) is 58.4 Å². The van der Waals surface area contributed by atoms with Crippen molar-refractivity contribution in [2.75, 3.05) is 32.9 Å². The van der Waals surface area contributed by atoms with Crippen LogP contribution in [0.4, 0.5) is 5.69 Å². The normalized spacial score (nSPS) is 10.8. The molecular weight excluding hydrogens is 306 g/mol. The maximum Gasteiger partial charge on any atom is 0.251 e. The molecule has 3 N–H and O–H groups in total. The molecule has 1 aromatic carbocycles. The van der Waals surface area contributed by atoms with Crippen molar-refractivity contribution in [3.05, 3.63) is 27.7 Å². The Balaban J connectivity index is 2.50. The van der Waals surface area contributed by atoms with E-state index >= 15 is 0 Å². The average Bonchev–Trinajstić information content (AvgIpc) is 2.32. The lowest BCUT2D eigenvalue weighted by Gasteiger charge is -2.11. The van der Waals surface area contributed by atoms with Gasteiger partial charge in [-0.05, 0) is 58.1 Å². The first kappa shape index (κ1) is 16.0. The fourth-order valence-corrected chi connectivity index (χ4v) is 2.26. The van der Waals surface area contributed by atoms with Gasteiger partial charge in [-0.15, -0.1) is 0 Å². The maximum atomic E-state index is 12.1. The van der Waals surface area contributed by atoms with Crippen LogP contribution in [0.3, 0.4) is 0 Å². The summed E-state index contributed by atoms with van der Waals surface area (Å²) in [4.78, 5) is 14.2. The molecule has 1 aromatic rings. The van der Waals surface area contributed by atoms with Crippen LogP contribution in [0.25, 0.3) is 0 Å². The van der Waals surface area contributed by atoms with E-state index in [1.54, 1.807) is 6.07 Å². The van der Waals surface area contributed by atoms with Gasteiger partial charge in [-0.1, -0.05) is 15.9 Å². The van der Waals surface area contributed by atoms with Crippen LogP contribution in [0, 0.1) is 6.92 Å². The van der Waals surface area contributed by atoms with Gasteiger partial charge in [0.1, 0.15) is 0 Å². The first-order valence-corrected chi connectivity index (χ1v) is 7.19. The van der Waals surface area contributed by atoms with Crippen molar-refractivity contribution < 1.29 is 4.79 Å². The Morgan fingerprint density at radius 2 is 2.05 bits per heavy atom. The Kier molecular flexibility index (Phi) is 6.31. The minimum Gasteiger partial charge on any atom is -0.398 e. The van der Waals surface area contributed by atoms with E-state index in [1.807, 2.05) is 27.1 Å². The van der Waals surface area contributed by atoms with Crippen LogP contribution in [0.15, 0.2) is 16.6 Å². The van der Waals surface area contributed by atoms with Gasteiger partial charge >= 0.3 is 0 Å². The van der Waals surface area contributed by atoms with Crippen LogP contribution < -0.4 is 11.1 Å². The number of unbranched alkanes of at least 4 members (excludes halogenated alkanes) is 1. The third kappa shape index (κ3) is 5.20. The number of nitrogens with two attached hydrogens (primary N) is 1. The van der Waals surface area contributed by atoms with Crippen molar-refractivity contribution in [2.24, 2.45) is 0 Å². The summed E-state index contributed by atoms with van der Waals surface area (Å²) in [5.41, 5.74) is 7.95. The summed E-state index contributed by atoms with van der Waals surface area (Å²) < 4.78 is 0.827. The number of rotatable bonds is 6. The van der Waals surface area contributed by atoms with Gasteiger partial charge in [-0.2, -0.15) is 0 Å². The lowest BCUT2D eigenvalue weighted by atomic mass is 10.1. The van der Waals surface area contributed by atoms with Gasteiger partial charge in [0, 0.05) is 22.3 Å². The highest BCUT2D eigenvalue weighted by atomic mass is 79.9. The standard InChI is InChI=1S/C14H22BrN3O/c1-10-12(8-11(15)9-13(10)16)14(19)17-6-4-5-7-18(2)3/h8-9H,4-7,16H2,1-3H3,(H,17,19). The molecule has 0 saturated heterocycles. The molecule has 0 aromatic heterocycles. The molecule has 0 spiro atoms. The molecule has 4 nitrogen and oxygen atoms in total. The van der Waals surface area contributed by atoms with E-state index < -0.39 is 0 Å². The highest BCUT2D eigenvalue weighted by Crippen LogP contribution is 2.22. The van der Waals surface area contributed by atoms with Gasteiger partial charge < -0.3 is 16.0 Å². The SMILES string of the molecule is Cc1c(N)cc(Br)cc1C(=O)NCCCCN(C)C. The third-order valence-electron chi connectivity index (χ3n) is 2.97. The summed E-state index contributed by atoms with van der Waals surface area (Å²) in [6.07, 6.45) is 2.05. The van der Waals surface area contributed by atoms with Crippen molar-refractivity contribution >= 4 is 27.5 Å². The number of anilines is 1. The zero-order valence-corrected chi connectivity index (χ0v) is 13.4. The van der Waals surface area contributed by atoms with Gasteiger partial charge in [-0.3, -0.25) is 4.79 Å². The van der Waals surface area contributed by atoms with Crippen molar-refractivity contribution in [1.29, 1.82) is 0 Å². The molecule has 0 unspecified atom stereocenters. The highest BCUT2D eigenvalue weighted by molar-refractivity contribution is 9.10. The van der Waals surface area contributed by atoms with Gasteiger partial charge in [0.05, 0.1) is 0 Å². The lowest BCUT2D eigenvalue weighted by Crippen LogP contribution is -2.26. The Morgan fingerprint density at radius 3 is 2.68 bits per heavy atom. The van der Waals surface area contributed by atoms with Crippen LogP contribution in [0.1, 0.15) is 28.8 Å². The maximum absolute atomic E-state index is 12.1. The van der Waals surface area contributed by atoms with E-state index in [9.17, 15) is 4.79 Å². The summed E-state index contributed by atoms with van der Waals surface area (Å²) in [5.74, 6) is -0.0599. The van der Waals surface area contributed by atoms with Crippen LogP contribution in [-0.2, 0) is 0 Å². The largest absolute Gasteiger partial charge is 0.398 e. The number of benzene rings is 1. The predicted octanol–water partition coefficient (Wildman–Crippen LogP) is 2.41. The number of halogens is 1. The van der Waals surface area contributed by atoms with E-state index in [4.69, 9.17) is 5.73 Å². The highest BCUT2D eigenvalue weighted by Gasteiger charge is 2.11. The minimum atomic E-state index is -0.0599. The summed E-state index contributed by atoms with van der Waals surface area (Å²) >= 11 is 3.36. The fraction of sp³-hybridized carbons (Fsp3) is 0.500. The number of carbonyl (C=O) groups is 1. The van der Waals surface area contributed by atoms with Gasteiger partial charge in [-0.25, -0.2) is 0 Å². The molecule has 106 valence electrons. The average molecular weight is 328 g/mol. The molecule has 0 fully saturated rings. The second-order valence-electron chi connectivity index (χ2n) is 4.93. The van der Waals surface area contributed by atoms with Crippen LogP contribution in [0.5, 0.6) is 0 Å². The molecule has 5 heteroatoms. The molecule has 1 rings (SSSR count). The number of carbonyl (C=O) groups excluding carboxylic acids is 1. The van der Waals surface area contributed by atoms with Crippen LogP contribution in [0.2, 0.25) is 0 Å². The molecular formula is C14H22BrN3O. The minimum absolute atomic E-state index is 0.0599. The first-order valence-electron chi connectivity index (χ1n) is 6.40. The summed E-state index contributed by atoms with van der Waals surface area (Å²) in [5, 5.41) is 2.93. The van der Waals surface area contributed by atoms with Crippen molar-refractivity contribution in [1.82, 2.24) is 10.2 Å². The number of nitrogens with one attached hydrogen (secondary N) is 1. The number of nitrogen functional groups attached to an aromatic ring is 1. The van der Waals surface area contributed by atoms with Gasteiger partial charge in [0.15, 0.2) is 0 Å². The van der Waals surface area contributed by atoms with Gasteiger partial charge in [0.2, 0.25) is 0 Å². The smallest absolute Gasteiger partial charge is 0.251 e. The molecule has 0 aliphatic carbocycles. The molecule has 0 saturated carbocycles. The zero-order valence-electron chi connectivity index (χ0n) is 11.8. The number of hydrogen-bond acceptors (Lipinski definition) is 3. The molecule has 0 radical (unpaired) electrons. The monoisotopic (exact) mass is 327 g/mol.